The van der Waals surface area contributed by atoms with Gasteiger partial charge in [-0.3, -0.25) is 10.1 Å². The highest BCUT2D eigenvalue weighted by molar-refractivity contribution is 5.94. The van der Waals surface area contributed by atoms with E-state index in [1.54, 1.807) is 6.92 Å². The molecule has 2 aromatic rings. The summed E-state index contributed by atoms with van der Waals surface area (Å²) in [6.07, 6.45) is 0. The van der Waals surface area contributed by atoms with E-state index in [0.717, 1.165) is 11.0 Å². The van der Waals surface area contributed by atoms with Crippen molar-refractivity contribution in [3.8, 4) is 0 Å². The number of imidazole rings is 1. The molecule has 0 spiro atoms. The molecule has 1 aromatic heterocycles. The molecule has 15 heavy (non-hydrogen) atoms. The van der Waals surface area contributed by atoms with E-state index in [-0.39, 0.29) is 5.91 Å². The first-order chi connectivity index (χ1) is 7.16. The van der Waals surface area contributed by atoms with Gasteiger partial charge in [-0.05, 0) is 19.1 Å². The second-order valence-electron chi connectivity index (χ2n) is 3.38. The fourth-order valence-electron chi connectivity index (χ4n) is 1.24. The average Bonchev–Trinajstić information content (AvgIpc) is 2.59. The van der Waals surface area contributed by atoms with Gasteiger partial charge < -0.3 is 10.7 Å². The fraction of sp³-hybridized carbons (Fsp3) is 0.200. The molecular formula is C10H12N4O. The van der Waals surface area contributed by atoms with Crippen LogP contribution in [-0.2, 0) is 4.79 Å². The topological polar surface area (TPSA) is 83.8 Å². The lowest BCUT2D eigenvalue weighted by Gasteiger charge is -2.03. The molecule has 78 valence electrons. The van der Waals surface area contributed by atoms with E-state index in [1.165, 1.54) is 0 Å². The number of aromatic nitrogens is 2. The highest BCUT2D eigenvalue weighted by atomic mass is 16.2. The monoisotopic (exact) mass is 204 g/mol. The van der Waals surface area contributed by atoms with Crippen LogP contribution in [-0.4, -0.2) is 21.9 Å². The molecule has 0 aliphatic rings. The number of hydrogen-bond donors (Lipinski definition) is 3. The van der Waals surface area contributed by atoms with E-state index in [1.807, 2.05) is 24.3 Å². The summed E-state index contributed by atoms with van der Waals surface area (Å²) in [6.45, 7) is 1.62. The standard InChI is InChI=1S/C10H12N4O/c1-6(11)9(15)14-10-12-7-4-2-3-5-8(7)13-10/h2-6H,11H2,1H3,(H2,12,13,14,15). The van der Waals surface area contributed by atoms with E-state index in [4.69, 9.17) is 5.73 Å². The summed E-state index contributed by atoms with van der Waals surface area (Å²) in [4.78, 5) is 18.5. The molecule has 1 heterocycles. The number of amides is 1. The third kappa shape index (κ3) is 1.97. The van der Waals surface area contributed by atoms with Gasteiger partial charge in [0, 0.05) is 0 Å². The van der Waals surface area contributed by atoms with Crippen molar-refractivity contribution in [1.29, 1.82) is 0 Å². The highest BCUT2D eigenvalue weighted by Crippen LogP contribution is 2.12. The third-order valence-corrected chi connectivity index (χ3v) is 2.04. The van der Waals surface area contributed by atoms with Crippen molar-refractivity contribution < 1.29 is 4.79 Å². The maximum Gasteiger partial charge on any atom is 0.243 e. The van der Waals surface area contributed by atoms with Crippen LogP contribution in [0.5, 0.6) is 0 Å². The lowest BCUT2D eigenvalue weighted by atomic mass is 10.3. The van der Waals surface area contributed by atoms with Crippen molar-refractivity contribution in [1.82, 2.24) is 9.97 Å². The summed E-state index contributed by atoms with van der Waals surface area (Å²) in [5, 5.41) is 2.60. The van der Waals surface area contributed by atoms with E-state index in [9.17, 15) is 4.79 Å². The SMILES string of the molecule is CC(N)C(=O)Nc1nc2ccccc2[nH]1. The van der Waals surface area contributed by atoms with Crippen LogP contribution in [0.3, 0.4) is 0 Å². The number of rotatable bonds is 2. The Kier molecular flexibility index (Phi) is 2.39. The van der Waals surface area contributed by atoms with Crippen molar-refractivity contribution in [2.24, 2.45) is 5.73 Å². The van der Waals surface area contributed by atoms with Crippen molar-refractivity contribution in [2.45, 2.75) is 13.0 Å². The quantitative estimate of drug-likeness (QED) is 0.678. The number of nitrogens with two attached hydrogens (primary N) is 1. The zero-order valence-corrected chi connectivity index (χ0v) is 8.32. The maximum absolute atomic E-state index is 11.3. The van der Waals surface area contributed by atoms with Gasteiger partial charge in [0.1, 0.15) is 0 Å². The summed E-state index contributed by atoms with van der Waals surface area (Å²) in [5.41, 5.74) is 7.13. The van der Waals surface area contributed by atoms with Gasteiger partial charge in [-0.2, -0.15) is 0 Å². The molecule has 0 aliphatic carbocycles. The first-order valence-corrected chi connectivity index (χ1v) is 4.68. The van der Waals surface area contributed by atoms with Gasteiger partial charge >= 0.3 is 0 Å². The van der Waals surface area contributed by atoms with Gasteiger partial charge in [0.2, 0.25) is 11.9 Å². The Morgan fingerprint density at radius 1 is 1.53 bits per heavy atom. The largest absolute Gasteiger partial charge is 0.324 e. The normalized spacial score (nSPS) is 12.7. The molecule has 0 radical (unpaired) electrons. The van der Waals surface area contributed by atoms with Crippen molar-refractivity contribution in [2.75, 3.05) is 5.32 Å². The van der Waals surface area contributed by atoms with Crippen molar-refractivity contribution in [3.05, 3.63) is 24.3 Å². The van der Waals surface area contributed by atoms with Gasteiger partial charge in [0.15, 0.2) is 0 Å². The number of aromatic amines is 1. The molecule has 2 rings (SSSR count). The number of anilines is 1. The molecule has 1 aromatic carbocycles. The molecule has 0 aliphatic heterocycles. The molecule has 1 amide bonds. The van der Waals surface area contributed by atoms with Gasteiger partial charge in [0.05, 0.1) is 17.1 Å². The number of nitrogens with zero attached hydrogens (tertiary/aromatic N) is 1. The Morgan fingerprint density at radius 3 is 2.93 bits per heavy atom. The van der Waals surface area contributed by atoms with Gasteiger partial charge in [0.25, 0.3) is 0 Å². The summed E-state index contributed by atoms with van der Waals surface area (Å²) in [6, 6.07) is 7.01. The fourth-order valence-corrected chi connectivity index (χ4v) is 1.24. The molecule has 4 N–H and O–H groups in total. The second-order valence-corrected chi connectivity index (χ2v) is 3.38. The Morgan fingerprint density at radius 2 is 2.27 bits per heavy atom. The Balaban J connectivity index is 2.26. The predicted molar refractivity (Wildman–Crippen MR) is 58.4 cm³/mol. The van der Waals surface area contributed by atoms with E-state index < -0.39 is 6.04 Å². The van der Waals surface area contributed by atoms with Gasteiger partial charge in [-0.15, -0.1) is 0 Å². The molecule has 1 atom stereocenters. The zero-order chi connectivity index (χ0) is 10.8. The summed E-state index contributed by atoms with van der Waals surface area (Å²) < 4.78 is 0. The molecular weight excluding hydrogens is 192 g/mol. The van der Waals surface area contributed by atoms with E-state index >= 15 is 0 Å². The lowest BCUT2D eigenvalue weighted by molar-refractivity contribution is -0.117. The first-order valence-electron chi connectivity index (χ1n) is 4.68. The number of benzene rings is 1. The molecule has 0 fully saturated rings. The minimum absolute atomic E-state index is 0.256. The van der Waals surface area contributed by atoms with Crippen LogP contribution < -0.4 is 11.1 Å². The average molecular weight is 204 g/mol. The summed E-state index contributed by atoms with van der Waals surface area (Å²) in [5.74, 6) is 0.174. The minimum Gasteiger partial charge on any atom is -0.324 e. The van der Waals surface area contributed by atoms with Crippen LogP contribution in [0.4, 0.5) is 5.95 Å². The van der Waals surface area contributed by atoms with Crippen LogP contribution in [0.1, 0.15) is 6.92 Å². The predicted octanol–water partition coefficient (Wildman–Crippen LogP) is 0.849. The molecule has 0 bridgehead atoms. The third-order valence-electron chi connectivity index (χ3n) is 2.04. The van der Waals surface area contributed by atoms with Crippen LogP contribution in [0.15, 0.2) is 24.3 Å². The number of nitrogens with one attached hydrogen (secondary N) is 2. The summed E-state index contributed by atoms with van der Waals surface area (Å²) >= 11 is 0. The summed E-state index contributed by atoms with van der Waals surface area (Å²) in [7, 11) is 0. The van der Waals surface area contributed by atoms with E-state index in [0.29, 0.717) is 5.95 Å². The number of carbonyl (C=O) groups excluding carboxylic acids is 1. The number of para-hydroxylation sites is 2. The number of carbonyl (C=O) groups is 1. The molecule has 0 saturated carbocycles. The van der Waals surface area contributed by atoms with E-state index in [2.05, 4.69) is 15.3 Å². The Labute approximate surface area is 86.7 Å². The van der Waals surface area contributed by atoms with Crippen molar-refractivity contribution >= 4 is 22.9 Å². The Bertz CT molecular complexity index is 456. The second kappa shape index (κ2) is 3.70. The van der Waals surface area contributed by atoms with Gasteiger partial charge in [-0.25, -0.2) is 4.98 Å². The van der Waals surface area contributed by atoms with Crippen LogP contribution in [0.2, 0.25) is 0 Å². The van der Waals surface area contributed by atoms with Gasteiger partial charge in [-0.1, -0.05) is 12.1 Å². The number of hydrogen-bond acceptors (Lipinski definition) is 3. The highest BCUT2D eigenvalue weighted by Gasteiger charge is 2.09. The maximum atomic E-state index is 11.3. The molecule has 0 saturated heterocycles. The number of fused-ring (bicyclic) bond motifs is 1. The lowest BCUT2D eigenvalue weighted by Crippen LogP contribution is -2.32. The molecule has 5 heteroatoms. The number of H-pyrrole nitrogens is 1. The Hall–Kier alpha value is -1.88. The first kappa shape index (κ1) is 9.67. The molecule has 1 unspecified atom stereocenters. The van der Waals surface area contributed by atoms with Crippen LogP contribution in [0.25, 0.3) is 11.0 Å². The molecule has 5 nitrogen and oxygen atoms in total. The smallest absolute Gasteiger partial charge is 0.243 e. The van der Waals surface area contributed by atoms with Crippen molar-refractivity contribution in [3.63, 3.8) is 0 Å². The van der Waals surface area contributed by atoms with Crippen LogP contribution in [0, 0.1) is 0 Å². The van der Waals surface area contributed by atoms with Crippen LogP contribution >= 0.6 is 0 Å². The zero-order valence-electron chi connectivity index (χ0n) is 8.32. The minimum atomic E-state index is -0.543.